The van der Waals surface area contributed by atoms with Crippen LogP contribution in [0.25, 0.3) is 0 Å². The molecular formula is C54H66O27. The Bertz CT molecular complexity index is 2680. The number of hydrogen-bond donors (Lipinski definition) is 8. The van der Waals surface area contributed by atoms with Crippen LogP contribution in [-0.2, 0) is 49.5 Å². The quantitative estimate of drug-likeness (QED) is 0.0400. The van der Waals surface area contributed by atoms with Gasteiger partial charge >= 0.3 is 53.7 Å². The number of rotatable bonds is 27. The van der Waals surface area contributed by atoms with E-state index < -0.39 is 218 Å². The van der Waals surface area contributed by atoms with E-state index in [4.69, 9.17) is 47.4 Å². The molecule has 0 spiro atoms. The lowest BCUT2D eigenvalue weighted by Crippen LogP contribution is -2.35. The second-order valence-corrected chi connectivity index (χ2v) is 19.5. The van der Waals surface area contributed by atoms with Crippen LogP contribution >= 0.6 is 0 Å². The van der Waals surface area contributed by atoms with E-state index in [0.717, 1.165) is 36.4 Å². The van der Waals surface area contributed by atoms with Gasteiger partial charge < -0.3 is 88.2 Å². The molecule has 1 aliphatic rings. The summed E-state index contributed by atoms with van der Waals surface area (Å²) in [6.45, 7) is 10.0. The standard InChI is InChI=1S/C54H66O27/c1-24(55)9-43(63)72-34-21-36(73-44(64)10-25(2)56)35-23-42(79-54(71)33-19-40(76-47(67)13-28(5)59)53(81-50(70)16-31(8)62)41(20-33)77-48(68)14-29(6)60)51(78-37(35)22-34)32-17-38(74-45(65)11-26(3)57)52(80-49(69)15-30(7)61)39(18-32)75-46(66)12-27(4)58/h17-22,24-31,42,51,55-62H,9-16,23H2,1-8H3/t24?,25?,26?,27?,28?,29?,30?,31?,42-,51?/m1/s1. The van der Waals surface area contributed by atoms with Crippen LogP contribution in [0.5, 0.6) is 51.7 Å². The van der Waals surface area contributed by atoms with Crippen molar-refractivity contribution in [3.05, 3.63) is 53.1 Å². The molecule has 3 aromatic carbocycles. The van der Waals surface area contributed by atoms with E-state index in [1.54, 1.807) is 0 Å². The minimum Gasteiger partial charge on any atom is -0.481 e. The van der Waals surface area contributed by atoms with Crippen molar-refractivity contribution in [2.45, 2.75) is 174 Å². The van der Waals surface area contributed by atoms with Crippen LogP contribution < -0.4 is 42.6 Å². The summed E-state index contributed by atoms with van der Waals surface area (Å²) in [5.41, 5.74) is -1.03. The smallest absolute Gasteiger partial charge is 0.338 e. The van der Waals surface area contributed by atoms with Crippen molar-refractivity contribution in [3.8, 4) is 51.7 Å². The van der Waals surface area contributed by atoms with Gasteiger partial charge in [0.25, 0.3) is 0 Å². The third-order valence-electron chi connectivity index (χ3n) is 10.5. The summed E-state index contributed by atoms with van der Waals surface area (Å²) in [5, 5.41) is 80.0. The zero-order valence-electron chi connectivity index (χ0n) is 45.4. The largest absolute Gasteiger partial charge is 0.481 e. The molecular weight excluding hydrogens is 1080 g/mol. The van der Waals surface area contributed by atoms with Crippen molar-refractivity contribution >= 4 is 53.7 Å². The van der Waals surface area contributed by atoms with E-state index in [-0.39, 0.29) is 22.6 Å². The van der Waals surface area contributed by atoms with E-state index in [0.29, 0.717) is 0 Å². The SMILES string of the molecule is CC(O)CC(=O)Oc1cc(OC(=O)CC(C)O)c2c(c1)OC(c1cc(OC(=O)CC(C)O)c(OC(=O)CC(C)O)c(OC(=O)CC(C)O)c1)[C@H](OC(=O)c1cc(OC(=O)CC(C)O)c(OC(=O)CC(C)O)c(OC(=O)CC(C)O)c1)C2. The summed E-state index contributed by atoms with van der Waals surface area (Å²) < 4.78 is 56.6. The Morgan fingerprint density at radius 3 is 1.04 bits per heavy atom. The van der Waals surface area contributed by atoms with Gasteiger partial charge in [-0.25, -0.2) is 4.79 Å². The van der Waals surface area contributed by atoms with Crippen molar-refractivity contribution in [2.24, 2.45) is 0 Å². The Kier molecular flexibility index (Phi) is 24.6. The van der Waals surface area contributed by atoms with Crippen LogP contribution in [-0.4, -0.2) is 150 Å². The van der Waals surface area contributed by atoms with E-state index in [2.05, 4.69) is 0 Å². The molecule has 444 valence electrons. The number of esters is 9. The molecule has 1 aliphatic heterocycles. The number of aliphatic hydroxyl groups excluding tert-OH is 8. The molecule has 0 radical (unpaired) electrons. The maximum Gasteiger partial charge on any atom is 0.338 e. The first-order chi connectivity index (χ1) is 37.8. The Labute approximate surface area is 463 Å². The number of benzene rings is 3. The highest BCUT2D eigenvalue weighted by Crippen LogP contribution is 2.48. The van der Waals surface area contributed by atoms with Crippen molar-refractivity contribution in [1.82, 2.24) is 0 Å². The number of aliphatic hydroxyl groups is 8. The number of ether oxygens (including phenoxy) is 10. The number of hydrogen-bond acceptors (Lipinski definition) is 27. The van der Waals surface area contributed by atoms with Gasteiger partial charge in [0, 0.05) is 29.7 Å². The van der Waals surface area contributed by atoms with Gasteiger partial charge in [-0.1, -0.05) is 0 Å². The van der Waals surface area contributed by atoms with Crippen LogP contribution in [0, 0.1) is 0 Å². The van der Waals surface area contributed by atoms with E-state index in [1.807, 2.05) is 0 Å². The average molecular weight is 1150 g/mol. The fraction of sp³-hybridized carbons (Fsp3) is 0.500. The van der Waals surface area contributed by atoms with Gasteiger partial charge in [-0.2, -0.15) is 0 Å². The molecule has 0 fully saturated rings. The highest BCUT2D eigenvalue weighted by Gasteiger charge is 2.40. The van der Waals surface area contributed by atoms with E-state index >= 15 is 0 Å². The lowest BCUT2D eigenvalue weighted by atomic mass is 9.93. The monoisotopic (exact) mass is 1150 g/mol. The molecule has 0 saturated carbocycles. The molecule has 0 aromatic heterocycles. The highest BCUT2D eigenvalue weighted by atomic mass is 16.6. The highest BCUT2D eigenvalue weighted by molar-refractivity contribution is 5.93. The first-order valence-corrected chi connectivity index (χ1v) is 25.4. The van der Waals surface area contributed by atoms with Gasteiger partial charge in [0.1, 0.15) is 23.4 Å². The summed E-state index contributed by atoms with van der Waals surface area (Å²) in [5.74, 6) is -16.0. The van der Waals surface area contributed by atoms with Gasteiger partial charge in [-0.3, -0.25) is 38.4 Å². The van der Waals surface area contributed by atoms with Crippen molar-refractivity contribution in [1.29, 1.82) is 0 Å². The van der Waals surface area contributed by atoms with Gasteiger partial charge in [0.05, 0.1) is 106 Å². The van der Waals surface area contributed by atoms with Gasteiger partial charge in [-0.05, 0) is 79.7 Å². The van der Waals surface area contributed by atoms with Gasteiger partial charge in [0.2, 0.25) is 11.5 Å². The molecule has 4 rings (SSSR count). The summed E-state index contributed by atoms with van der Waals surface area (Å²) in [7, 11) is 0. The molecule has 3 aromatic rings. The van der Waals surface area contributed by atoms with Crippen molar-refractivity contribution < 1.29 is 131 Å². The molecule has 10 atom stereocenters. The van der Waals surface area contributed by atoms with Crippen molar-refractivity contribution in [2.75, 3.05) is 0 Å². The Morgan fingerprint density at radius 2 is 0.704 bits per heavy atom. The summed E-state index contributed by atoms with van der Waals surface area (Å²) >= 11 is 0. The third-order valence-corrected chi connectivity index (χ3v) is 10.5. The lowest BCUT2D eigenvalue weighted by Gasteiger charge is -2.35. The van der Waals surface area contributed by atoms with Crippen LogP contribution in [0.4, 0.5) is 0 Å². The maximum absolute atomic E-state index is 14.8. The number of fused-ring (bicyclic) bond motifs is 1. The Hall–Kier alpha value is -7.63. The normalized spacial score (nSPS) is 16.6. The zero-order valence-corrected chi connectivity index (χ0v) is 45.4. The second-order valence-electron chi connectivity index (χ2n) is 19.5. The van der Waals surface area contributed by atoms with Crippen LogP contribution in [0.3, 0.4) is 0 Å². The van der Waals surface area contributed by atoms with E-state index in [1.165, 1.54) is 55.4 Å². The summed E-state index contributed by atoms with van der Waals surface area (Å²) in [6, 6.07) is 5.80. The molecule has 27 heteroatoms. The molecule has 0 aliphatic carbocycles. The fourth-order valence-corrected chi connectivity index (χ4v) is 7.36. The Morgan fingerprint density at radius 1 is 0.407 bits per heavy atom. The molecule has 1 heterocycles. The minimum absolute atomic E-state index is 0.102. The van der Waals surface area contributed by atoms with E-state index in [9.17, 15) is 84.0 Å². The van der Waals surface area contributed by atoms with Crippen LogP contribution in [0.15, 0.2) is 36.4 Å². The van der Waals surface area contributed by atoms with Crippen LogP contribution in [0.2, 0.25) is 0 Å². The molecule has 0 saturated heterocycles. The first-order valence-electron chi connectivity index (χ1n) is 25.4. The lowest BCUT2D eigenvalue weighted by molar-refractivity contribution is -0.140. The van der Waals surface area contributed by atoms with Gasteiger partial charge in [-0.15, -0.1) is 0 Å². The maximum atomic E-state index is 14.8. The molecule has 9 unspecified atom stereocenters. The topological polar surface area (TPSA) is 408 Å². The summed E-state index contributed by atoms with van der Waals surface area (Å²) in [4.78, 5) is 120. The molecule has 81 heavy (non-hydrogen) atoms. The predicted molar refractivity (Wildman–Crippen MR) is 271 cm³/mol. The van der Waals surface area contributed by atoms with Crippen molar-refractivity contribution in [3.63, 3.8) is 0 Å². The predicted octanol–water partition coefficient (Wildman–Crippen LogP) is 2.00. The van der Waals surface area contributed by atoms with Crippen LogP contribution in [0.1, 0.15) is 134 Å². The number of carbonyl (C=O) groups is 9. The molecule has 0 amide bonds. The average Bonchev–Trinajstić information content (AvgIpc) is 3.50. The second kappa shape index (κ2) is 30.3. The molecule has 0 bridgehead atoms. The third kappa shape index (κ3) is 21.7. The molecule has 8 N–H and O–H groups in total. The minimum atomic E-state index is -1.79. The van der Waals surface area contributed by atoms with Gasteiger partial charge in [0.15, 0.2) is 29.1 Å². The Balaban J connectivity index is 2.11. The molecule has 27 nitrogen and oxygen atoms in total. The number of carbonyl (C=O) groups excluding carboxylic acids is 9. The fourth-order valence-electron chi connectivity index (χ4n) is 7.36. The first kappa shape index (κ1) is 65.9. The summed E-state index contributed by atoms with van der Waals surface area (Å²) in [6.07, 6.45) is -19.5. The zero-order chi connectivity index (χ0) is 60.6.